The van der Waals surface area contributed by atoms with Gasteiger partial charge in [-0.25, -0.2) is 4.39 Å². The van der Waals surface area contributed by atoms with Crippen LogP contribution < -0.4 is 5.73 Å². The van der Waals surface area contributed by atoms with E-state index in [1.165, 1.54) is 23.3 Å². The highest BCUT2D eigenvalue weighted by molar-refractivity contribution is 5.28. The van der Waals surface area contributed by atoms with E-state index >= 15 is 0 Å². The molecule has 0 bridgehead atoms. The molecule has 0 aliphatic rings. The fraction of sp³-hybridized carbons (Fsp3) is 0.333. The van der Waals surface area contributed by atoms with Gasteiger partial charge in [0.05, 0.1) is 0 Å². The molecule has 0 aliphatic heterocycles. The van der Waals surface area contributed by atoms with Crippen LogP contribution in [0.5, 0.6) is 0 Å². The lowest BCUT2D eigenvalue weighted by Crippen LogP contribution is -2.19. The van der Waals surface area contributed by atoms with E-state index < -0.39 is 0 Å². The first-order valence-electron chi connectivity index (χ1n) is 7.36. The van der Waals surface area contributed by atoms with Crippen molar-refractivity contribution >= 4 is 0 Å². The van der Waals surface area contributed by atoms with Gasteiger partial charge in [0.15, 0.2) is 0 Å². The first-order valence-corrected chi connectivity index (χ1v) is 7.36. The third kappa shape index (κ3) is 4.38. The van der Waals surface area contributed by atoms with Crippen LogP contribution in [0.2, 0.25) is 0 Å². The molecule has 0 saturated carbocycles. The molecule has 0 aliphatic carbocycles. The molecule has 0 saturated heterocycles. The number of aryl methyl sites for hydroxylation is 1. The normalized spacial score (nSPS) is 11.1. The molecule has 112 valence electrons. The summed E-state index contributed by atoms with van der Waals surface area (Å²) in [6.45, 7) is 4.16. The summed E-state index contributed by atoms with van der Waals surface area (Å²) in [4.78, 5) is 2.22. The lowest BCUT2D eigenvalue weighted by molar-refractivity contribution is 0.318. The Morgan fingerprint density at radius 1 is 0.952 bits per heavy atom. The van der Waals surface area contributed by atoms with Gasteiger partial charge in [0.1, 0.15) is 5.82 Å². The van der Waals surface area contributed by atoms with Crippen molar-refractivity contribution in [3.63, 3.8) is 0 Å². The Hall–Kier alpha value is -1.71. The molecule has 0 aromatic heterocycles. The molecule has 0 radical (unpaired) electrons. The van der Waals surface area contributed by atoms with Crippen LogP contribution in [0.15, 0.2) is 42.5 Å². The predicted molar refractivity (Wildman–Crippen MR) is 85.3 cm³/mol. The highest BCUT2D eigenvalue weighted by Crippen LogP contribution is 2.15. The van der Waals surface area contributed by atoms with E-state index in [4.69, 9.17) is 5.73 Å². The number of halogens is 1. The fourth-order valence-electron chi connectivity index (χ4n) is 2.48. The van der Waals surface area contributed by atoms with E-state index in [0.717, 1.165) is 30.6 Å². The summed E-state index contributed by atoms with van der Waals surface area (Å²) >= 11 is 0. The summed E-state index contributed by atoms with van der Waals surface area (Å²) in [5.41, 5.74) is 10.3. The standard InChI is InChI=1S/C18H23FN2/c1-3-14-4-6-15(7-5-14)12-21(2)13-16-8-9-18(19)10-17(16)11-20/h4-10H,3,11-13,20H2,1-2H3. The van der Waals surface area contributed by atoms with Gasteiger partial charge >= 0.3 is 0 Å². The highest BCUT2D eigenvalue weighted by Gasteiger charge is 2.07. The minimum atomic E-state index is -0.225. The van der Waals surface area contributed by atoms with Crippen molar-refractivity contribution in [3.05, 3.63) is 70.5 Å². The maximum atomic E-state index is 13.2. The van der Waals surface area contributed by atoms with E-state index in [1.807, 2.05) is 6.07 Å². The Balaban J connectivity index is 2.02. The molecular formula is C18H23FN2. The average molecular weight is 286 g/mol. The van der Waals surface area contributed by atoms with E-state index in [-0.39, 0.29) is 5.82 Å². The molecule has 2 N–H and O–H groups in total. The van der Waals surface area contributed by atoms with Crippen molar-refractivity contribution in [2.45, 2.75) is 33.0 Å². The molecule has 3 heteroatoms. The zero-order chi connectivity index (χ0) is 15.2. The van der Waals surface area contributed by atoms with Crippen molar-refractivity contribution in [1.82, 2.24) is 4.90 Å². The zero-order valence-electron chi connectivity index (χ0n) is 12.8. The third-order valence-electron chi connectivity index (χ3n) is 3.71. The van der Waals surface area contributed by atoms with Crippen LogP contribution in [0.3, 0.4) is 0 Å². The summed E-state index contributed by atoms with van der Waals surface area (Å²) in [6.07, 6.45) is 1.06. The number of hydrogen-bond acceptors (Lipinski definition) is 2. The van der Waals surface area contributed by atoms with Crippen LogP contribution in [0.1, 0.15) is 29.2 Å². The summed E-state index contributed by atoms with van der Waals surface area (Å²) in [5, 5.41) is 0. The van der Waals surface area contributed by atoms with E-state index in [0.29, 0.717) is 6.54 Å². The van der Waals surface area contributed by atoms with E-state index in [1.54, 1.807) is 0 Å². The van der Waals surface area contributed by atoms with Crippen molar-refractivity contribution < 1.29 is 4.39 Å². The maximum Gasteiger partial charge on any atom is 0.123 e. The molecule has 2 nitrogen and oxygen atoms in total. The van der Waals surface area contributed by atoms with Gasteiger partial charge in [0.2, 0.25) is 0 Å². The average Bonchev–Trinajstić information content (AvgIpc) is 2.49. The van der Waals surface area contributed by atoms with Crippen molar-refractivity contribution in [2.75, 3.05) is 7.05 Å². The number of nitrogens with zero attached hydrogens (tertiary/aromatic N) is 1. The number of nitrogens with two attached hydrogens (primary N) is 1. The molecule has 0 atom stereocenters. The van der Waals surface area contributed by atoms with Gasteiger partial charge < -0.3 is 5.73 Å². The van der Waals surface area contributed by atoms with Gasteiger partial charge in [-0.3, -0.25) is 4.90 Å². The van der Waals surface area contributed by atoms with Gasteiger partial charge in [-0.2, -0.15) is 0 Å². The maximum absolute atomic E-state index is 13.2. The first kappa shape index (κ1) is 15.7. The molecule has 0 heterocycles. The van der Waals surface area contributed by atoms with E-state index in [9.17, 15) is 4.39 Å². The molecule has 0 spiro atoms. The minimum absolute atomic E-state index is 0.225. The summed E-state index contributed by atoms with van der Waals surface area (Å²) < 4.78 is 13.2. The Morgan fingerprint density at radius 3 is 2.24 bits per heavy atom. The number of benzene rings is 2. The molecule has 2 aromatic carbocycles. The number of hydrogen-bond donors (Lipinski definition) is 1. The van der Waals surface area contributed by atoms with Crippen LogP contribution in [0, 0.1) is 5.82 Å². The minimum Gasteiger partial charge on any atom is -0.326 e. The molecule has 0 amide bonds. The Kier molecular flexibility index (Phi) is 5.48. The highest BCUT2D eigenvalue weighted by atomic mass is 19.1. The molecule has 21 heavy (non-hydrogen) atoms. The molecule has 0 fully saturated rings. The zero-order valence-corrected chi connectivity index (χ0v) is 12.8. The summed E-state index contributed by atoms with van der Waals surface area (Å²) in [7, 11) is 2.07. The van der Waals surface area contributed by atoms with Crippen molar-refractivity contribution in [2.24, 2.45) is 5.73 Å². The molecule has 0 unspecified atom stereocenters. The molecule has 2 aromatic rings. The Labute approximate surface area is 126 Å². The lowest BCUT2D eigenvalue weighted by atomic mass is 10.1. The summed E-state index contributed by atoms with van der Waals surface area (Å²) in [6, 6.07) is 13.5. The lowest BCUT2D eigenvalue weighted by Gasteiger charge is -2.19. The van der Waals surface area contributed by atoms with Gasteiger partial charge in [0, 0.05) is 19.6 Å². The second-order valence-corrected chi connectivity index (χ2v) is 5.46. The second kappa shape index (κ2) is 7.34. The second-order valence-electron chi connectivity index (χ2n) is 5.46. The Morgan fingerprint density at radius 2 is 1.62 bits per heavy atom. The quantitative estimate of drug-likeness (QED) is 0.881. The third-order valence-corrected chi connectivity index (χ3v) is 3.71. The van der Waals surface area contributed by atoms with Crippen molar-refractivity contribution in [3.8, 4) is 0 Å². The smallest absolute Gasteiger partial charge is 0.123 e. The predicted octanol–water partition coefficient (Wildman–Crippen LogP) is 3.48. The van der Waals surface area contributed by atoms with Crippen LogP contribution >= 0.6 is 0 Å². The largest absolute Gasteiger partial charge is 0.326 e. The molecule has 2 rings (SSSR count). The topological polar surface area (TPSA) is 29.3 Å². The van der Waals surface area contributed by atoms with Crippen LogP contribution in [0.25, 0.3) is 0 Å². The number of rotatable bonds is 6. The van der Waals surface area contributed by atoms with Crippen LogP contribution in [0.4, 0.5) is 4.39 Å². The molecular weight excluding hydrogens is 263 g/mol. The summed E-state index contributed by atoms with van der Waals surface area (Å²) in [5.74, 6) is -0.225. The monoisotopic (exact) mass is 286 g/mol. The van der Waals surface area contributed by atoms with Crippen LogP contribution in [-0.2, 0) is 26.1 Å². The van der Waals surface area contributed by atoms with Crippen molar-refractivity contribution in [1.29, 1.82) is 0 Å². The van der Waals surface area contributed by atoms with Gasteiger partial charge in [-0.15, -0.1) is 0 Å². The SMILES string of the molecule is CCc1ccc(CN(C)Cc2ccc(F)cc2CN)cc1. The fourth-order valence-corrected chi connectivity index (χ4v) is 2.48. The van der Waals surface area contributed by atoms with Gasteiger partial charge in [0.25, 0.3) is 0 Å². The van der Waals surface area contributed by atoms with E-state index in [2.05, 4.69) is 43.1 Å². The van der Waals surface area contributed by atoms with Gasteiger partial charge in [-0.05, 0) is 47.9 Å². The van der Waals surface area contributed by atoms with Gasteiger partial charge in [-0.1, -0.05) is 37.3 Å². The Bertz CT molecular complexity index is 578. The van der Waals surface area contributed by atoms with Crippen LogP contribution in [-0.4, -0.2) is 11.9 Å². The first-order chi connectivity index (χ1) is 10.1.